The van der Waals surface area contributed by atoms with Crippen molar-refractivity contribution >= 4 is 27.3 Å². The summed E-state index contributed by atoms with van der Waals surface area (Å²) in [6, 6.07) is 11.9. The van der Waals surface area contributed by atoms with Crippen LogP contribution in [0.1, 0.15) is 5.56 Å². The topological polar surface area (TPSA) is 84.9 Å². The maximum atomic E-state index is 14.0. The Labute approximate surface area is 193 Å². The van der Waals surface area contributed by atoms with Crippen LogP contribution in [-0.2, 0) is 14.8 Å². The minimum Gasteiger partial charge on any atom is -0.486 e. The fourth-order valence-electron chi connectivity index (χ4n) is 3.28. The number of amides is 1. The Bertz CT molecular complexity index is 1350. The first-order valence-electron chi connectivity index (χ1n) is 10.1. The molecule has 0 atom stereocenters. The third kappa shape index (κ3) is 4.65. The molecule has 1 aliphatic rings. The Hall–Kier alpha value is -3.73. The molecule has 1 heterocycles. The Morgan fingerprint density at radius 3 is 2.32 bits per heavy atom. The second-order valence-electron chi connectivity index (χ2n) is 7.42. The number of hydrogen-bond donors (Lipinski definition) is 1. The summed E-state index contributed by atoms with van der Waals surface area (Å²) < 4.78 is 79.5. The number of ether oxygens (including phenoxy) is 2. The molecule has 178 valence electrons. The number of nitrogens with zero attached hydrogens (tertiary/aromatic N) is 1. The number of halogens is 3. The highest BCUT2D eigenvalue weighted by molar-refractivity contribution is 7.92. The van der Waals surface area contributed by atoms with Gasteiger partial charge in [0.1, 0.15) is 19.8 Å². The number of hydrogen-bond acceptors (Lipinski definition) is 5. The Morgan fingerprint density at radius 2 is 1.62 bits per heavy atom. The molecule has 0 saturated carbocycles. The number of fused-ring (bicyclic) bond motifs is 1. The summed E-state index contributed by atoms with van der Waals surface area (Å²) >= 11 is 0. The third-order valence-corrected chi connectivity index (χ3v) is 6.79. The zero-order valence-corrected chi connectivity index (χ0v) is 18.7. The van der Waals surface area contributed by atoms with E-state index in [-0.39, 0.29) is 22.9 Å². The van der Waals surface area contributed by atoms with Gasteiger partial charge in [-0.2, -0.15) is 0 Å². The van der Waals surface area contributed by atoms with Crippen LogP contribution in [0.15, 0.2) is 59.5 Å². The Morgan fingerprint density at radius 1 is 0.941 bits per heavy atom. The quantitative estimate of drug-likeness (QED) is 0.526. The molecular formula is C23H19F3N2O5S. The fourth-order valence-corrected chi connectivity index (χ4v) is 4.72. The van der Waals surface area contributed by atoms with Crippen molar-refractivity contribution in [1.29, 1.82) is 0 Å². The van der Waals surface area contributed by atoms with Gasteiger partial charge in [-0.05, 0) is 43.3 Å². The van der Waals surface area contributed by atoms with E-state index in [0.29, 0.717) is 18.4 Å². The summed E-state index contributed by atoms with van der Waals surface area (Å²) in [5, 5.41) is 2.09. The van der Waals surface area contributed by atoms with Gasteiger partial charge in [0.15, 0.2) is 29.0 Å². The van der Waals surface area contributed by atoms with Crippen LogP contribution < -0.4 is 19.1 Å². The lowest BCUT2D eigenvalue weighted by Gasteiger charge is -2.25. The van der Waals surface area contributed by atoms with Gasteiger partial charge < -0.3 is 14.8 Å². The number of carbonyl (C=O) groups is 1. The zero-order valence-electron chi connectivity index (χ0n) is 17.8. The van der Waals surface area contributed by atoms with Crippen LogP contribution in [0.4, 0.5) is 24.5 Å². The van der Waals surface area contributed by atoms with Crippen molar-refractivity contribution in [3.63, 3.8) is 0 Å². The number of rotatable bonds is 6. The standard InChI is InChI=1S/C23H19F3N2O5S/c1-14-2-4-15(5-3-14)28(13-21(29)27-18-8-7-17(24)22(25)23(18)26)34(30,31)16-6-9-19-20(12-16)33-11-10-32-19/h2-9,12H,10-11,13H2,1H3,(H,27,29). The van der Waals surface area contributed by atoms with Crippen LogP contribution in [0.3, 0.4) is 0 Å². The maximum Gasteiger partial charge on any atom is 0.264 e. The number of sulfonamides is 1. The Balaban J connectivity index is 1.68. The molecule has 4 rings (SSSR count). The molecule has 0 radical (unpaired) electrons. The van der Waals surface area contributed by atoms with E-state index < -0.39 is 45.6 Å². The summed E-state index contributed by atoms with van der Waals surface area (Å²) in [5.74, 6) is -5.10. The molecule has 7 nitrogen and oxygen atoms in total. The molecule has 1 N–H and O–H groups in total. The van der Waals surface area contributed by atoms with Gasteiger partial charge in [-0.25, -0.2) is 21.6 Å². The molecule has 0 aromatic heterocycles. The van der Waals surface area contributed by atoms with E-state index in [1.54, 1.807) is 12.1 Å². The van der Waals surface area contributed by atoms with E-state index >= 15 is 0 Å². The van der Waals surface area contributed by atoms with E-state index in [4.69, 9.17) is 9.47 Å². The number of benzene rings is 3. The number of anilines is 2. The van der Waals surface area contributed by atoms with Crippen molar-refractivity contribution in [3.05, 3.63) is 77.6 Å². The largest absolute Gasteiger partial charge is 0.486 e. The van der Waals surface area contributed by atoms with Crippen molar-refractivity contribution in [2.24, 2.45) is 0 Å². The first kappa shape index (κ1) is 23.4. The molecule has 3 aromatic carbocycles. The molecule has 0 bridgehead atoms. The monoisotopic (exact) mass is 492 g/mol. The molecule has 1 amide bonds. The van der Waals surface area contributed by atoms with Gasteiger partial charge in [0.2, 0.25) is 5.91 Å². The van der Waals surface area contributed by atoms with Crippen LogP contribution in [0.2, 0.25) is 0 Å². The maximum absolute atomic E-state index is 14.0. The van der Waals surface area contributed by atoms with Gasteiger partial charge in [0.25, 0.3) is 10.0 Å². The number of carbonyl (C=O) groups excluding carboxylic acids is 1. The highest BCUT2D eigenvalue weighted by atomic mass is 32.2. The molecule has 11 heteroatoms. The fraction of sp³-hybridized carbons (Fsp3) is 0.174. The lowest BCUT2D eigenvalue weighted by Crippen LogP contribution is -2.38. The zero-order chi connectivity index (χ0) is 24.5. The highest BCUT2D eigenvalue weighted by Gasteiger charge is 2.29. The Kier molecular flexibility index (Phi) is 6.38. The number of nitrogens with one attached hydrogen (secondary N) is 1. The molecule has 1 aliphatic heterocycles. The number of aryl methyl sites for hydroxylation is 1. The van der Waals surface area contributed by atoms with Gasteiger partial charge >= 0.3 is 0 Å². The molecule has 0 fully saturated rings. The van der Waals surface area contributed by atoms with Gasteiger partial charge in [-0.1, -0.05) is 17.7 Å². The van der Waals surface area contributed by atoms with Crippen molar-refractivity contribution < 1.29 is 35.9 Å². The van der Waals surface area contributed by atoms with E-state index in [1.807, 2.05) is 6.92 Å². The van der Waals surface area contributed by atoms with Crippen LogP contribution in [0, 0.1) is 24.4 Å². The SMILES string of the molecule is Cc1ccc(N(CC(=O)Nc2ccc(F)c(F)c2F)S(=O)(=O)c2ccc3c(c2)OCCO3)cc1. The van der Waals surface area contributed by atoms with Gasteiger partial charge in [0.05, 0.1) is 16.3 Å². The summed E-state index contributed by atoms with van der Waals surface area (Å²) in [7, 11) is -4.30. The van der Waals surface area contributed by atoms with Gasteiger partial charge in [-0.15, -0.1) is 0 Å². The predicted octanol–water partition coefficient (Wildman–Crippen LogP) is 4.02. The second kappa shape index (κ2) is 9.26. The van der Waals surface area contributed by atoms with Crippen LogP contribution in [-0.4, -0.2) is 34.1 Å². The minimum atomic E-state index is -4.30. The van der Waals surface area contributed by atoms with E-state index in [0.717, 1.165) is 15.9 Å². The van der Waals surface area contributed by atoms with Crippen LogP contribution in [0.5, 0.6) is 11.5 Å². The highest BCUT2D eigenvalue weighted by Crippen LogP contribution is 2.34. The summed E-state index contributed by atoms with van der Waals surface area (Å²) in [6.45, 7) is 1.62. The van der Waals surface area contributed by atoms with Gasteiger partial charge in [-0.3, -0.25) is 9.10 Å². The van der Waals surface area contributed by atoms with Crippen molar-refractivity contribution in [3.8, 4) is 11.5 Å². The van der Waals surface area contributed by atoms with Crippen molar-refractivity contribution in [2.75, 3.05) is 29.4 Å². The first-order valence-corrected chi connectivity index (χ1v) is 11.5. The second-order valence-corrected chi connectivity index (χ2v) is 9.29. The normalized spacial score (nSPS) is 12.8. The predicted molar refractivity (Wildman–Crippen MR) is 118 cm³/mol. The molecule has 3 aromatic rings. The summed E-state index contributed by atoms with van der Waals surface area (Å²) in [6.07, 6.45) is 0. The summed E-state index contributed by atoms with van der Waals surface area (Å²) in [5.41, 5.74) is 0.402. The van der Waals surface area contributed by atoms with Crippen molar-refractivity contribution in [2.45, 2.75) is 11.8 Å². The molecule has 0 unspecified atom stereocenters. The van der Waals surface area contributed by atoms with E-state index in [9.17, 15) is 26.4 Å². The van der Waals surface area contributed by atoms with Gasteiger partial charge in [0, 0.05) is 6.07 Å². The van der Waals surface area contributed by atoms with Crippen LogP contribution in [0.25, 0.3) is 0 Å². The smallest absolute Gasteiger partial charge is 0.264 e. The molecular weight excluding hydrogens is 473 g/mol. The third-order valence-electron chi connectivity index (χ3n) is 5.02. The average molecular weight is 492 g/mol. The molecule has 0 saturated heterocycles. The average Bonchev–Trinajstić information content (AvgIpc) is 2.83. The summed E-state index contributed by atoms with van der Waals surface area (Å²) in [4.78, 5) is 12.5. The van der Waals surface area contributed by atoms with Crippen LogP contribution >= 0.6 is 0 Å². The van der Waals surface area contributed by atoms with E-state index in [2.05, 4.69) is 5.32 Å². The first-order chi connectivity index (χ1) is 16.2. The molecule has 0 spiro atoms. The van der Waals surface area contributed by atoms with Crippen molar-refractivity contribution in [1.82, 2.24) is 0 Å². The molecule has 34 heavy (non-hydrogen) atoms. The van der Waals surface area contributed by atoms with E-state index in [1.165, 1.54) is 30.3 Å². The molecule has 0 aliphatic carbocycles. The lowest BCUT2D eigenvalue weighted by atomic mass is 10.2. The minimum absolute atomic E-state index is 0.163. The lowest BCUT2D eigenvalue weighted by molar-refractivity contribution is -0.114.